The first-order chi connectivity index (χ1) is 11.2. The highest BCUT2D eigenvalue weighted by atomic mass is 127. The average molecular weight is 446 g/mol. The van der Waals surface area contributed by atoms with Crippen LogP contribution < -0.4 is 15.4 Å². The van der Waals surface area contributed by atoms with Gasteiger partial charge in [-0.25, -0.2) is 4.99 Å². The lowest BCUT2D eigenvalue weighted by atomic mass is 10.2. The molecule has 0 radical (unpaired) electrons. The maximum absolute atomic E-state index is 5.73. The van der Waals surface area contributed by atoms with E-state index in [1.54, 1.807) is 0 Å². The van der Waals surface area contributed by atoms with E-state index in [0.717, 1.165) is 43.4 Å². The lowest BCUT2D eigenvalue weighted by molar-refractivity contribution is 0.281. The summed E-state index contributed by atoms with van der Waals surface area (Å²) in [4.78, 5) is 6.71. The summed E-state index contributed by atoms with van der Waals surface area (Å²) in [7, 11) is 4.14. The van der Waals surface area contributed by atoms with E-state index in [4.69, 9.17) is 4.74 Å². The molecule has 0 bridgehead atoms. The van der Waals surface area contributed by atoms with Gasteiger partial charge >= 0.3 is 0 Å². The summed E-state index contributed by atoms with van der Waals surface area (Å²) in [5.74, 6) is 1.71. The second-order valence-corrected chi connectivity index (χ2v) is 5.51. The molecule has 0 aliphatic heterocycles. The number of nitrogens with zero attached hydrogens (tertiary/aromatic N) is 2. The molecule has 0 atom stereocenters. The molecule has 1 aromatic carbocycles. The molecule has 0 saturated carbocycles. The largest absolute Gasteiger partial charge is 0.494 e. The number of halogens is 1. The van der Waals surface area contributed by atoms with E-state index in [-0.39, 0.29) is 24.0 Å². The Morgan fingerprint density at radius 3 is 2.54 bits per heavy atom. The first-order valence-electron chi connectivity index (χ1n) is 8.15. The van der Waals surface area contributed by atoms with Crippen molar-refractivity contribution in [2.24, 2.45) is 4.99 Å². The summed E-state index contributed by atoms with van der Waals surface area (Å²) >= 11 is 0. The highest BCUT2D eigenvalue weighted by molar-refractivity contribution is 14.0. The van der Waals surface area contributed by atoms with Crippen molar-refractivity contribution in [1.82, 2.24) is 15.5 Å². The molecule has 24 heavy (non-hydrogen) atoms. The maximum atomic E-state index is 5.73. The Balaban J connectivity index is 0.00000529. The second kappa shape index (κ2) is 14.1. The van der Waals surface area contributed by atoms with Crippen molar-refractivity contribution in [1.29, 1.82) is 0 Å². The van der Waals surface area contributed by atoms with Crippen LogP contribution in [0.5, 0.6) is 5.75 Å². The average Bonchev–Trinajstić information content (AvgIpc) is 2.55. The molecule has 0 aliphatic rings. The topological polar surface area (TPSA) is 48.9 Å². The van der Waals surface area contributed by atoms with Gasteiger partial charge in [0.15, 0.2) is 5.96 Å². The zero-order valence-electron chi connectivity index (χ0n) is 15.0. The third-order valence-electron chi connectivity index (χ3n) is 3.12. The quantitative estimate of drug-likeness (QED) is 0.191. The van der Waals surface area contributed by atoms with Gasteiger partial charge in [-0.05, 0) is 45.1 Å². The van der Waals surface area contributed by atoms with E-state index in [1.807, 2.05) is 25.1 Å². The van der Waals surface area contributed by atoms with E-state index in [2.05, 4.69) is 53.3 Å². The Morgan fingerprint density at radius 1 is 1.25 bits per heavy atom. The highest BCUT2D eigenvalue weighted by Gasteiger charge is 1.98. The second-order valence-electron chi connectivity index (χ2n) is 5.51. The van der Waals surface area contributed by atoms with E-state index in [0.29, 0.717) is 13.1 Å². The van der Waals surface area contributed by atoms with Gasteiger partial charge in [0.25, 0.3) is 0 Å². The molecule has 0 amide bonds. The number of rotatable bonds is 10. The Morgan fingerprint density at radius 2 is 1.96 bits per heavy atom. The Bertz CT molecular complexity index is 474. The summed E-state index contributed by atoms with van der Waals surface area (Å²) in [6.45, 7) is 9.70. The monoisotopic (exact) mass is 446 g/mol. The van der Waals surface area contributed by atoms with Gasteiger partial charge in [0.1, 0.15) is 5.75 Å². The van der Waals surface area contributed by atoms with E-state index in [1.165, 1.54) is 0 Å². The van der Waals surface area contributed by atoms with Crippen molar-refractivity contribution in [3.63, 3.8) is 0 Å². The Hall–Kier alpha value is -1.28. The number of ether oxygens (including phenoxy) is 1. The van der Waals surface area contributed by atoms with Gasteiger partial charge in [0.05, 0.1) is 13.2 Å². The molecule has 0 aromatic heterocycles. The molecule has 0 spiro atoms. The predicted octanol–water partition coefficient (Wildman–Crippen LogP) is 2.88. The van der Waals surface area contributed by atoms with Crippen LogP contribution in [0.3, 0.4) is 0 Å². The Kier molecular flexibility index (Phi) is 13.3. The third-order valence-corrected chi connectivity index (χ3v) is 3.12. The molecule has 0 saturated heterocycles. The minimum atomic E-state index is 0. The number of guanidine groups is 1. The van der Waals surface area contributed by atoms with Crippen LogP contribution in [-0.4, -0.2) is 51.2 Å². The van der Waals surface area contributed by atoms with Gasteiger partial charge in [-0.1, -0.05) is 18.2 Å². The minimum absolute atomic E-state index is 0. The fraction of sp³-hybridized carbons (Fsp3) is 0.500. The normalized spacial score (nSPS) is 10.9. The smallest absolute Gasteiger partial charge is 0.191 e. The Labute approximate surface area is 163 Å². The van der Waals surface area contributed by atoms with Crippen molar-refractivity contribution in [2.75, 3.05) is 40.3 Å². The molecule has 0 fully saturated rings. The zero-order valence-corrected chi connectivity index (χ0v) is 17.4. The van der Waals surface area contributed by atoms with Crippen molar-refractivity contribution in [2.45, 2.75) is 19.9 Å². The van der Waals surface area contributed by atoms with E-state index >= 15 is 0 Å². The van der Waals surface area contributed by atoms with Crippen LogP contribution >= 0.6 is 24.0 Å². The van der Waals surface area contributed by atoms with Gasteiger partial charge in [-0.2, -0.15) is 0 Å². The number of aliphatic imine (C=N–C) groups is 1. The summed E-state index contributed by atoms with van der Waals surface area (Å²) in [5, 5.41) is 6.39. The van der Waals surface area contributed by atoms with E-state index in [9.17, 15) is 0 Å². The molecular formula is C18H31IN4O. The first-order valence-corrected chi connectivity index (χ1v) is 8.15. The number of nitrogens with one attached hydrogen (secondary N) is 2. The van der Waals surface area contributed by atoms with Crippen LogP contribution in [-0.2, 0) is 6.54 Å². The molecule has 0 aliphatic carbocycles. The minimum Gasteiger partial charge on any atom is -0.494 e. The molecule has 6 heteroatoms. The van der Waals surface area contributed by atoms with Crippen LogP contribution in [0.1, 0.15) is 18.9 Å². The number of benzene rings is 1. The molecular weight excluding hydrogens is 415 g/mol. The SMILES string of the molecule is C=CCNC(=NCc1ccc(OCCCN(C)C)cc1)NCC.I. The number of hydrogen-bond acceptors (Lipinski definition) is 3. The first kappa shape index (κ1) is 22.7. The molecule has 0 unspecified atom stereocenters. The maximum Gasteiger partial charge on any atom is 0.191 e. The van der Waals surface area contributed by atoms with E-state index < -0.39 is 0 Å². The van der Waals surface area contributed by atoms with Crippen LogP contribution in [0, 0.1) is 0 Å². The van der Waals surface area contributed by atoms with Gasteiger partial charge in [-0.15, -0.1) is 30.6 Å². The predicted molar refractivity (Wildman–Crippen MR) is 114 cm³/mol. The van der Waals surface area contributed by atoms with Gasteiger partial charge < -0.3 is 20.3 Å². The fourth-order valence-electron chi connectivity index (χ4n) is 1.94. The van der Waals surface area contributed by atoms with Crippen molar-refractivity contribution in [3.8, 4) is 5.75 Å². The third kappa shape index (κ3) is 10.5. The van der Waals surface area contributed by atoms with Crippen molar-refractivity contribution >= 4 is 29.9 Å². The molecule has 136 valence electrons. The van der Waals surface area contributed by atoms with Gasteiger partial charge in [0.2, 0.25) is 0 Å². The van der Waals surface area contributed by atoms with Crippen molar-refractivity contribution in [3.05, 3.63) is 42.5 Å². The van der Waals surface area contributed by atoms with Crippen LogP contribution in [0.25, 0.3) is 0 Å². The lowest BCUT2D eigenvalue weighted by Crippen LogP contribution is -2.37. The van der Waals surface area contributed by atoms with Crippen LogP contribution in [0.15, 0.2) is 41.9 Å². The molecule has 0 heterocycles. The van der Waals surface area contributed by atoms with Crippen molar-refractivity contribution < 1.29 is 4.74 Å². The molecule has 1 aromatic rings. The molecule has 2 N–H and O–H groups in total. The summed E-state index contributed by atoms with van der Waals surface area (Å²) in [6, 6.07) is 8.12. The zero-order chi connectivity index (χ0) is 16.9. The summed E-state index contributed by atoms with van der Waals surface area (Å²) in [6.07, 6.45) is 2.84. The fourth-order valence-corrected chi connectivity index (χ4v) is 1.94. The van der Waals surface area contributed by atoms with Crippen LogP contribution in [0.4, 0.5) is 0 Å². The standard InChI is InChI=1S/C18H30N4O.HI/c1-5-12-20-18(19-6-2)21-15-16-8-10-17(11-9-16)23-14-7-13-22(3)4;/h5,8-11H,1,6-7,12-15H2,2-4H3,(H2,19,20,21);1H. The molecule has 5 nitrogen and oxygen atoms in total. The lowest BCUT2D eigenvalue weighted by Gasteiger charge is -2.11. The summed E-state index contributed by atoms with van der Waals surface area (Å²) < 4.78 is 5.73. The number of hydrogen-bond donors (Lipinski definition) is 2. The summed E-state index contributed by atoms with van der Waals surface area (Å²) in [5.41, 5.74) is 1.15. The highest BCUT2D eigenvalue weighted by Crippen LogP contribution is 2.13. The van der Waals surface area contributed by atoms with Gasteiger partial charge in [-0.3, -0.25) is 0 Å². The van der Waals surface area contributed by atoms with Gasteiger partial charge in [0, 0.05) is 19.6 Å². The van der Waals surface area contributed by atoms with Crippen LogP contribution in [0.2, 0.25) is 0 Å². The molecule has 1 rings (SSSR count).